The number of hydrogen-bond acceptors (Lipinski definition) is 4. The second-order valence-electron chi connectivity index (χ2n) is 7.38. The van der Waals surface area contributed by atoms with Crippen molar-refractivity contribution in [3.05, 3.63) is 54.6 Å². The molecule has 2 rings (SSSR count). The highest BCUT2D eigenvalue weighted by atomic mass is 32.2. The lowest BCUT2D eigenvalue weighted by Gasteiger charge is -2.31. The number of carbonyl (C=O) groups excluding carboxylic acids is 1. The lowest BCUT2D eigenvalue weighted by molar-refractivity contribution is -0.123. The van der Waals surface area contributed by atoms with E-state index in [0.717, 1.165) is 10.6 Å². The standard InChI is InChI=1S/C20H26N2O4S/c1-15(19(23)21-20(2,3)4)22(27(5,24)25)16-11-13-18(14-12-16)26-17-9-7-6-8-10-17/h6-15H,1-5H3,(H,21,23)/t15-/m0/s1. The lowest BCUT2D eigenvalue weighted by Crippen LogP contribution is -2.52. The number of nitrogens with one attached hydrogen (secondary N) is 1. The number of sulfonamides is 1. The van der Waals surface area contributed by atoms with Gasteiger partial charge in [-0.2, -0.15) is 0 Å². The Kier molecular flexibility index (Phi) is 6.15. The van der Waals surface area contributed by atoms with Crippen molar-refractivity contribution < 1.29 is 17.9 Å². The predicted molar refractivity (Wildman–Crippen MR) is 108 cm³/mol. The zero-order valence-electron chi connectivity index (χ0n) is 16.3. The van der Waals surface area contributed by atoms with Gasteiger partial charge in [-0.3, -0.25) is 9.10 Å². The first kappa shape index (κ1) is 20.8. The van der Waals surface area contributed by atoms with Gasteiger partial charge in [0.05, 0.1) is 11.9 Å². The van der Waals surface area contributed by atoms with Crippen LogP contribution in [-0.2, 0) is 14.8 Å². The molecule has 1 N–H and O–H groups in total. The molecular formula is C20H26N2O4S. The number of ether oxygens (including phenoxy) is 1. The van der Waals surface area contributed by atoms with Crippen molar-refractivity contribution in [1.82, 2.24) is 5.32 Å². The third-order valence-electron chi connectivity index (χ3n) is 3.66. The van der Waals surface area contributed by atoms with E-state index in [1.165, 1.54) is 0 Å². The quantitative estimate of drug-likeness (QED) is 0.818. The number of anilines is 1. The van der Waals surface area contributed by atoms with Crippen LogP contribution in [0.2, 0.25) is 0 Å². The fourth-order valence-electron chi connectivity index (χ4n) is 2.57. The molecule has 0 saturated carbocycles. The molecule has 0 aliphatic rings. The monoisotopic (exact) mass is 390 g/mol. The van der Waals surface area contributed by atoms with Crippen LogP contribution in [0.4, 0.5) is 5.69 Å². The number of nitrogens with zero attached hydrogens (tertiary/aromatic N) is 1. The number of carbonyl (C=O) groups is 1. The van der Waals surface area contributed by atoms with Crippen molar-refractivity contribution in [1.29, 1.82) is 0 Å². The summed E-state index contributed by atoms with van der Waals surface area (Å²) in [6, 6.07) is 15.0. The van der Waals surface area contributed by atoms with E-state index < -0.39 is 21.6 Å². The maximum Gasteiger partial charge on any atom is 0.244 e. The van der Waals surface area contributed by atoms with Gasteiger partial charge in [0.25, 0.3) is 0 Å². The largest absolute Gasteiger partial charge is 0.457 e. The maximum atomic E-state index is 12.5. The molecule has 0 aliphatic heterocycles. The number of para-hydroxylation sites is 1. The molecule has 6 nitrogen and oxygen atoms in total. The molecule has 0 heterocycles. The molecule has 1 amide bonds. The van der Waals surface area contributed by atoms with Crippen molar-refractivity contribution >= 4 is 21.6 Å². The van der Waals surface area contributed by atoms with Crippen LogP contribution in [0.25, 0.3) is 0 Å². The first-order chi connectivity index (χ1) is 12.5. The summed E-state index contributed by atoms with van der Waals surface area (Å²) in [5.74, 6) is 0.894. The van der Waals surface area contributed by atoms with Gasteiger partial charge in [0, 0.05) is 5.54 Å². The third kappa shape index (κ3) is 5.99. The Balaban J connectivity index is 2.25. The maximum absolute atomic E-state index is 12.5. The van der Waals surface area contributed by atoms with Gasteiger partial charge in [-0.15, -0.1) is 0 Å². The van der Waals surface area contributed by atoms with E-state index in [9.17, 15) is 13.2 Å². The van der Waals surface area contributed by atoms with E-state index >= 15 is 0 Å². The SMILES string of the molecule is C[C@@H](C(=O)NC(C)(C)C)N(c1ccc(Oc2ccccc2)cc1)S(C)(=O)=O. The summed E-state index contributed by atoms with van der Waals surface area (Å²) in [5, 5.41) is 2.82. The summed E-state index contributed by atoms with van der Waals surface area (Å²) in [6.07, 6.45) is 1.09. The van der Waals surface area contributed by atoms with E-state index in [1.807, 2.05) is 51.1 Å². The van der Waals surface area contributed by atoms with Gasteiger partial charge < -0.3 is 10.1 Å². The zero-order chi connectivity index (χ0) is 20.2. The smallest absolute Gasteiger partial charge is 0.244 e. The van der Waals surface area contributed by atoms with Crippen LogP contribution in [0, 0.1) is 0 Å². The Morgan fingerprint density at radius 1 is 1.00 bits per heavy atom. The van der Waals surface area contributed by atoms with Gasteiger partial charge >= 0.3 is 0 Å². The Hall–Kier alpha value is -2.54. The van der Waals surface area contributed by atoms with Gasteiger partial charge in [0.2, 0.25) is 15.9 Å². The van der Waals surface area contributed by atoms with E-state index in [4.69, 9.17) is 4.74 Å². The molecule has 7 heteroatoms. The number of hydrogen-bond donors (Lipinski definition) is 1. The molecule has 0 unspecified atom stereocenters. The van der Waals surface area contributed by atoms with E-state index in [-0.39, 0.29) is 5.91 Å². The van der Waals surface area contributed by atoms with E-state index in [2.05, 4.69) is 5.32 Å². The van der Waals surface area contributed by atoms with Gasteiger partial charge in [0.1, 0.15) is 17.5 Å². The minimum Gasteiger partial charge on any atom is -0.457 e. The Morgan fingerprint density at radius 2 is 1.52 bits per heavy atom. The number of rotatable bonds is 6. The van der Waals surface area contributed by atoms with Crippen LogP contribution in [0.3, 0.4) is 0 Å². The van der Waals surface area contributed by atoms with Gasteiger partial charge in [-0.05, 0) is 64.1 Å². The minimum absolute atomic E-state index is 0.363. The highest BCUT2D eigenvalue weighted by Crippen LogP contribution is 2.27. The predicted octanol–water partition coefficient (Wildman–Crippen LogP) is 3.55. The molecule has 0 radical (unpaired) electrons. The summed E-state index contributed by atoms with van der Waals surface area (Å²) >= 11 is 0. The van der Waals surface area contributed by atoms with Crippen LogP contribution in [0.5, 0.6) is 11.5 Å². The summed E-state index contributed by atoms with van der Waals surface area (Å²) in [5.41, 5.74) is -0.0588. The van der Waals surface area contributed by atoms with Crippen LogP contribution < -0.4 is 14.4 Å². The topological polar surface area (TPSA) is 75.7 Å². The van der Waals surface area contributed by atoms with Gasteiger partial charge in [-0.1, -0.05) is 18.2 Å². The highest BCUT2D eigenvalue weighted by Gasteiger charge is 2.30. The number of amides is 1. The molecule has 2 aromatic rings. The van der Waals surface area contributed by atoms with Crippen LogP contribution in [0.15, 0.2) is 54.6 Å². The van der Waals surface area contributed by atoms with Crippen LogP contribution in [0.1, 0.15) is 27.7 Å². The first-order valence-electron chi connectivity index (χ1n) is 8.62. The van der Waals surface area contributed by atoms with Crippen molar-refractivity contribution in [2.75, 3.05) is 10.6 Å². The van der Waals surface area contributed by atoms with Crippen molar-refractivity contribution in [3.63, 3.8) is 0 Å². The van der Waals surface area contributed by atoms with Crippen molar-refractivity contribution in [2.24, 2.45) is 0 Å². The van der Waals surface area contributed by atoms with Crippen LogP contribution in [-0.4, -0.2) is 32.2 Å². The molecule has 0 aromatic heterocycles. The van der Waals surface area contributed by atoms with Crippen LogP contribution >= 0.6 is 0 Å². The molecule has 146 valence electrons. The number of benzene rings is 2. The molecule has 2 aromatic carbocycles. The zero-order valence-corrected chi connectivity index (χ0v) is 17.1. The Labute approximate surface area is 161 Å². The lowest BCUT2D eigenvalue weighted by atomic mass is 10.1. The second-order valence-corrected chi connectivity index (χ2v) is 9.24. The molecule has 0 bridgehead atoms. The molecule has 0 fully saturated rings. The van der Waals surface area contributed by atoms with E-state index in [1.54, 1.807) is 31.2 Å². The highest BCUT2D eigenvalue weighted by molar-refractivity contribution is 7.92. The second kappa shape index (κ2) is 8.00. The fourth-order valence-corrected chi connectivity index (χ4v) is 3.74. The molecule has 0 saturated heterocycles. The normalized spacial score (nSPS) is 12.9. The Bertz CT molecular complexity index is 872. The Morgan fingerprint density at radius 3 is 2.00 bits per heavy atom. The minimum atomic E-state index is -3.66. The summed E-state index contributed by atoms with van der Waals surface area (Å²) < 4.78 is 31.5. The fraction of sp³-hybridized carbons (Fsp3) is 0.350. The van der Waals surface area contributed by atoms with Crippen molar-refractivity contribution in [2.45, 2.75) is 39.3 Å². The summed E-state index contributed by atoms with van der Waals surface area (Å²) in [7, 11) is -3.66. The average Bonchev–Trinajstić information content (AvgIpc) is 2.55. The molecule has 27 heavy (non-hydrogen) atoms. The summed E-state index contributed by atoms with van der Waals surface area (Å²) in [6.45, 7) is 7.10. The molecule has 1 atom stereocenters. The molecular weight excluding hydrogens is 364 g/mol. The van der Waals surface area contributed by atoms with Gasteiger partial charge in [0.15, 0.2) is 0 Å². The molecule has 0 spiro atoms. The van der Waals surface area contributed by atoms with E-state index in [0.29, 0.717) is 17.2 Å². The van der Waals surface area contributed by atoms with Gasteiger partial charge in [-0.25, -0.2) is 8.42 Å². The molecule has 0 aliphatic carbocycles. The third-order valence-corrected chi connectivity index (χ3v) is 4.90. The first-order valence-corrected chi connectivity index (χ1v) is 10.5. The average molecular weight is 391 g/mol. The summed E-state index contributed by atoms with van der Waals surface area (Å²) in [4.78, 5) is 12.5. The van der Waals surface area contributed by atoms with Crippen molar-refractivity contribution in [3.8, 4) is 11.5 Å².